The molecule has 0 fully saturated rings. The maximum absolute atomic E-state index is 12.7. The lowest BCUT2D eigenvalue weighted by atomic mass is 10.1. The molecule has 2 unspecified atom stereocenters. The highest BCUT2D eigenvalue weighted by atomic mass is 35.7. The molecule has 0 bridgehead atoms. The molecule has 2 aromatic carbocycles. The number of rotatable bonds is 6. The van der Waals surface area contributed by atoms with Crippen molar-refractivity contribution in [1.29, 1.82) is 0 Å². The maximum atomic E-state index is 12.7. The topological polar surface area (TPSA) is 170 Å². The molecule has 2 aliphatic heterocycles. The van der Waals surface area contributed by atoms with Gasteiger partial charge in [0.2, 0.25) is 11.8 Å². The van der Waals surface area contributed by atoms with Gasteiger partial charge in [-0.3, -0.25) is 9.71 Å². The SMILES string of the molecule is COc1nc2c(cc1N)CCN(C)CC2.COc1nc2c(cc1NS(=O)(=O)c1ccc(C)cc1)CCN(C)CC2.Cc1ccc(S(=O)(=O)Cl)cc1.PPP.c1ccncc1. The lowest BCUT2D eigenvalue weighted by Gasteiger charge is -2.14. The van der Waals surface area contributed by atoms with Crippen molar-refractivity contribution in [2.75, 3.05) is 64.9 Å². The van der Waals surface area contributed by atoms with Crippen molar-refractivity contribution in [3.8, 4) is 11.8 Å². The molecule has 0 amide bonds. The van der Waals surface area contributed by atoms with Crippen molar-refractivity contribution < 1.29 is 26.3 Å². The zero-order chi connectivity index (χ0) is 44.3. The van der Waals surface area contributed by atoms with Crippen LogP contribution in [0.3, 0.4) is 0 Å². The predicted octanol–water partition coefficient (Wildman–Crippen LogP) is 7.18. The summed E-state index contributed by atoms with van der Waals surface area (Å²) in [6.45, 7) is 7.77. The lowest BCUT2D eigenvalue weighted by molar-refractivity contribution is 0.351. The standard InChI is InChI=1S/C18H23N3O3S.C11H17N3O.C7H7ClO2S.C5H5N.H5P3/c1-13-4-6-15(7-5-13)25(22,23)20-17-12-14-8-10-21(2)11-9-16(14)19-18(17)24-3;1-14-5-3-8-7-9(12)11(15-2)13-10(8)4-6-14;1-6-2-4-7(5-3-6)11(8,9)10;1-2-4-6-5-3-1;1-3-2/h4-7,12,20H,8-11H2,1-3H3;7H,3-6,12H2,1-2H3;2-5H,1H3;1-5H;3H,1-2H2. The summed E-state index contributed by atoms with van der Waals surface area (Å²) in [4.78, 5) is 17.7. The van der Waals surface area contributed by atoms with Crippen LogP contribution in [0.2, 0.25) is 0 Å². The van der Waals surface area contributed by atoms with E-state index in [9.17, 15) is 16.8 Å². The fourth-order valence-corrected chi connectivity index (χ4v) is 7.62. The summed E-state index contributed by atoms with van der Waals surface area (Å²) in [5, 5.41) is 0. The first-order chi connectivity index (χ1) is 28.5. The smallest absolute Gasteiger partial charge is 0.262 e. The Bertz CT molecular complexity index is 2270. The number of nitrogens with two attached hydrogens (primary N) is 1. The molecular weight excluding hydrogens is 879 g/mol. The van der Waals surface area contributed by atoms with Gasteiger partial charge in [-0.2, -0.15) is 0 Å². The minimum absolute atomic E-state index is 0.143. The number of benzene rings is 2. The van der Waals surface area contributed by atoms with Gasteiger partial charge in [-0.25, -0.2) is 26.8 Å². The maximum Gasteiger partial charge on any atom is 0.262 e. The van der Waals surface area contributed by atoms with Gasteiger partial charge in [-0.15, -0.1) is 17.9 Å². The average Bonchev–Trinajstić information content (AvgIpc) is 3.52. The number of methoxy groups -OCH3 is 2. The van der Waals surface area contributed by atoms with Crippen molar-refractivity contribution in [1.82, 2.24) is 24.8 Å². The van der Waals surface area contributed by atoms with Gasteiger partial charge in [0.25, 0.3) is 19.1 Å². The second-order valence-corrected chi connectivity index (χ2v) is 22.4. The number of halogens is 1. The van der Waals surface area contributed by atoms with Crippen LogP contribution < -0.4 is 19.9 Å². The largest absolute Gasteiger partial charge is 0.480 e. The van der Waals surface area contributed by atoms with E-state index < -0.39 is 19.1 Å². The number of nitrogens with zero attached hydrogens (tertiary/aromatic N) is 5. The lowest BCUT2D eigenvalue weighted by Crippen LogP contribution is -2.20. The van der Waals surface area contributed by atoms with Gasteiger partial charge in [0.15, 0.2) is 0 Å². The van der Waals surface area contributed by atoms with Crippen LogP contribution in [-0.2, 0) is 44.8 Å². The monoisotopic (exact) mass is 935 g/mol. The molecule has 19 heteroatoms. The summed E-state index contributed by atoms with van der Waals surface area (Å²) in [6, 6.07) is 22.7. The summed E-state index contributed by atoms with van der Waals surface area (Å²) in [5.74, 6) is 0.859. The molecule has 3 aromatic heterocycles. The van der Waals surface area contributed by atoms with Gasteiger partial charge >= 0.3 is 0 Å². The quantitative estimate of drug-likeness (QED) is 0.130. The van der Waals surface area contributed by atoms with Crippen molar-refractivity contribution in [3.05, 3.63) is 125 Å². The molecule has 7 rings (SSSR count). The summed E-state index contributed by atoms with van der Waals surface area (Å²) >= 11 is 0. The Labute approximate surface area is 367 Å². The van der Waals surface area contributed by atoms with E-state index in [2.05, 4.69) is 61.4 Å². The first kappa shape index (κ1) is 50.8. The number of nitrogen functional groups attached to an aromatic ring is 1. The Balaban J connectivity index is 0.000000232. The average molecular weight is 936 g/mol. The Kier molecular flexibility index (Phi) is 21.6. The second kappa shape index (κ2) is 25.4. The number of hydrogen-bond acceptors (Lipinski definition) is 12. The zero-order valence-corrected chi connectivity index (χ0v) is 40.6. The Morgan fingerprint density at radius 3 is 1.55 bits per heavy atom. The van der Waals surface area contributed by atoms with E-state index in [1.165, 1.54) is 24.8 Å². The van der Waals surface area contributed by atoms with Crippen LogP contribution in [0.5, 0.6) is 11.8 Å². The number of hydrogen-bond donors (Lipinski definition) is 2. The molecule has 2 aliphatic rings. The molecule has 5 heterocycles. The van der Waals surface area contributed by atoms with Gasteiger partial charge in [0, 0.05) is 73.5 Å². The van der Waals surface area contributed by atoms with Crippen molar-refractivity contribution in [2.24, 2.45) is 0 Å². The summed E-state index contributed by atoms with van der Waals surface area (Å²) in [7, 11) is 11.2. The highest BCUT2D eigenvalue weighted by Gasteiger charge is 2.21. The van der Waals surface area contributed by atoms with Crippen LogP contribution in [0.4, 0.5) is 11.4 Å². The molecule has 60 heavy (non-hydrogen) atoms. The fraction of sp³-hybridized carbons (Fsp3) is 0.341. The van der Waals surface area contributed by atoms with E-state index in [1.54, 1.807) is 55.9 Å². The van der Waals surface area contributed by atoms with Gasteiger partial charge in [-0.05, 0) is 100 Å². The number of nitrogens with one attached hydrogen (secondary N) is 1. The number of aryl methyl sites for hydroxylation is 2. The molecule has 0 aliphatic carbocycles. The molecule has 0 radical (unpaired) electrons. The minimum Gasteiger partial charge on any atom is -0.480 e. The number of likely N-dealkylation sites (N-methyl/N-ethyl adjacent to an activating group) is 2. The van der Waals surface area contributed by atoms with E-state index in [1.807, 2.05) is 44.2 Å². The van der Waals surface area contributed by atoms with Crippen LogP contribution in [0.25, 0.3) is 0 Å². The van der Waals surface area contributed by atoms with Gasteiger partial charge < -0.3 is 25.0 Å². The first-order valence-corrected chi connectivity index (χ1v) is 27.3. The summed E-state index contributed by atoms with van der Waals surface area (Å²) in [5.41, 5.74) is 13.3. The normalized spacial score (nSPS) is 13.8. The third-order valence-electron chi connectivity index (χ3n) is 9.16. The van der Waals surface area contributed by atoms with E-state index >= 15 is 0 Å². The Hall–Kier alpha value is -3.51. The fourth-order valence-electron chi connectivity index (χ4n) is 5.80. The van der Waals surface area contributed by atoms with E-state index in [-0.39, 0.29) is 9.79 Å². The minimum atomic E-state index is -3.69. The van der Waals surface area contributed by atoms with Crippen LogP contribution in [0.1, 0.15) is 33.6 Å². The first-order valence-electron chi connectivity index (χ1n) is 18.9. The third kappa shape index (κ3) is 17.1. The predicted molar refractivity (Wildman–Crippen MR) is 254 cm³/mol. The highest BCUT2D eigenvalue weighted by Crippen LogP contribution is 2.30. The zero-order valence-electron chi connectivity index (χ0n) is 34.9. The Morgan fingerprint density at radius 2 is 1.13 bits per heavy atom. The van der Waals surface area contributed by atoms with E-state index in [0.717, 1.165) is 87.9 Å². The molecule has 2 atom stereocenters. The van der Waals surface area contributed by atoms with E-state index in [0.29, 0.717) is 23.1 Å². The van der Waals surface area contributed by atoms with Crippen LogP contribution in [-0.4, -0.2) is 96.1 Å². The highest BCUT2D eigenvalue weighted by molar-refractivity contribution is 8.33. The third-order valence-corrected chi connectivity index (χ3v) is 11.9. The van der Waals surface area contributed by atoms with Crippen molar-refractivity contribution >= 4 is 66.9 Å². The van der Waals surface area contributed by atoms with Gasteiger partial charge in [0.1, 0.15) is 5.69 Å². The van der Waals surface area contributed by atoms with E-state index in [4.69, 9.17) is 25.9 Å². The second-order valence-electron chi connectivity index (χ2n) is 13.8. The summed E-state index contributed by atoms with van der Waals surface area (Å²) < 4.78 is 59.8. The van der Waals surface area contributed by atoms with Crippen LogP contribution in [0, 0.1) is 13.8 Å². The molecule has 5 aromatic rings. The molecule has 0 spiro atoms. The summed E-state index contributed by atoms with van der Waals surface area (Å²) in [6.07, 6.45) is 7.16. The van der Waals surface area contributed by atoms with Crippen LogP contribution >= 0.6 is 36.5 Å². The number of fused-ring (bicyclic) bond motifs is 2. The molecule has 3 N–H and O–H groups in total. The number of sulfonamides is 1. The molecule has 0 saturated carbocycles. The van der Waals surface area contributed by atoms with Gasteiger partial charge in [-0.1, -0.05) is 49.4 Å². The number of ether oxygens (including phenoxy) is 2. The molecule has 326 valence electrons. The van der Waals surface area contributed by atoms with Gasteiger partial charge in [0.05, 0.1) is 29.7 Å². The van der Waals surface area contributed by atoms with Crippen molar-refractivity contribution in [2.45, 2.75) is 49.3 Å². The molecule has 0 saturated heterocycles. The number of aromatic nitrogens is 3. The number of anilines is 2. The molecular formula is C41H57ClN7O6P3S2. The van der Waals surface area contributed by atoms with Crippen molar-refractivity contribution in [3.63, 3.8) is 0 Å². The number of pyridine rings is 3. The molecule has 13 nitrogen and oxygen atoms in total. The Morgan fingerprint density at radius 1 is 0.700 bits per heavy atom. The van der Waals surface area contributed by atoms with Crippen LogP contribution in [0.15, 0.2) is 101 Å².